The number of pyridine rings is 1. The van der Waals surface area contributed by atoms with Gasteiger partial charge in [0.2, 0.25) is 5.91 Å². The van der Waals surface area contributed by atoms with Crippen molar-refractivity contribution in [2.45, 2.75) is 6.18 Å². The van der Waals surface area contributed by atoms with Gasteiger partial charge < -0.3 is 11.1 Å². The third kappa shape index (κ3) is 2.88. The number of anilines is 2. The number of halogens is 3. The van der Waals surface area contributed by atoms with Crippen molar-refractivity contribution >= 4 is 28.2 Å². The van der Waals surface area contributed by atoms with Gasteiger partial charge in [-0.15, -0.1) is 0 Å². The smallest absolute Gasteiger partial charge is 0.366 e. The molecular weight excluding hydrogens is 319 g/mol. The lowest BCUT2D eigenvalue weighted by molar-refractivity contribution is -0.137. The van der Waals surface area contributed by atoms with Gasteiger partial charge in [0.05, 0.1) is 22.3 Å². The molecule has 24 heavy (non-hydrogen) atoms. The molecule has 0 atom stereocenters. The molecule has 1 aromatic heterocycles. The molecule has 0 bridgehead atoms. The first kappa shape index (κ1) is 15.8. The summed E-state index contributed by atoms with van der Waals surface area (Å²) in [4.78, 5) is 15.5. The standard InChI is InChI=1S/C17H12F3N3O/c18-17(19,20)15-11(16(21)24)5-3-7-14(15)23-13-8-9-22-12-6-2-1-4-10(12)13/h1-9H,(H2,21,24)(H,22,23). The first-order valence-electron chi connectivity index (χ1n) is 6.98. The highest BCUT2D eigenvalue weighted by atomic mass is 19.4. The number of alkyl halides is 3. The maximum Gasteiger partial charge on any atom is 0.419 e. The minimum Gasteiger partial charge on any atom is -0.366 e. The molecule has 1 amide bonds. The summed E-state index contributed by atoms with van der Waals surface area (Å²) in [6.45, 7) is 0. The molecule has 0 aliphatic rings. The van der Waals surface area contributed by atoms with E-state index in [4.69, 9.17) is 5.73 Å². The van der Waals surface area contributed by atoms with Crippen LogP contribution in [0.15, 0.2) is 54.7 Å². The number of nitrogens with one attached hydrogen (secondary N) is 1. The van der Waals surface area contributed by atoms with Crippen molar-refractivity contribution in [3.8, 4) is 0 Å². The number of hydrogen-bond acceptors (Lipinski definition) is 3. The monoisotopic (exact) mass is 331 g/mol. The maximum absolute atomic E-state index is 13.4. The summed E-state index contributed by atoms with van der Waals surface area (Å²) in [5, 5.41) is 3.41. The van der Waals surface area contributed by atoms with Gasteiger partial charge in [-0.25, -0.2) is 0 Å². The number of benzene rings is 2. The molecule has 3 rings (SSSR count). The Kier molecular flexibility index (Phi) is 3.84. The van der Waals surface area contributed by atoms with Crippen LogP contribution in [0.25, 0.3) is 10.9 Å². The fourth-order valence-corrected chi connectivity index (χ4v) is 2.52. The Morgan fingerprint density at radius 3 is 2.46 bits per heavy atom. The van der Waals surface area contributed by atoms with Crippen LogP contribution in [0, 0.1) is 0 Å². The predicted molar refractivity (Wildman–Crippen MR) is 85.0 cm³/mol. The lowest BCUT2D eigenvalue weighted by Crippen LogP contribution is -2.20. The molecule has 2 aromatic carbocycles. The summed E-state index contributed by atoms with van der Waals surface area (Å²) < 4.78 is 40.3. The molecule has 0 spiro atoms. The normalized spacial score (nSPS) is 11.5. The number of primary amides is 1. The fraction of sp³-hybridized carbons (Fsp3) is 0.0588. The van der Waals surface area contributed by atoms with E-state index in [0.717, 1.165) is 6.07 Å². The second-order valence-corrected chi connectivity index (χ2v) is 5.09. The van der Waals surface area contributed by atoms with Gasteiger partial charge >= 0.3 is 6.18 Å². The quantitative estimate of drug-likeness (QED) is 0.759. The van der Waals surface area contributed by atoms with E-state index < -0.39 is 23.2 Å². The highest BCUT2D eigenvalue weighted by molar-refractivity contribution is 5.98. The number of fused-ring (bicyclic) bond motifs is 1. The molecule has 3 aromatic rings. The molecule has 0 aliphatic heterocycles. The second-order valence-electron chi connectivity index (χ2n) is 5.09. The number of carbonyl (C=O) groups excluding carboxylic acids is 1. The van der Waals surface area contributed by atoms with E-state index in [1.807, 2.05) is 0 Å². The lowest BCUT2D eigenvalue weighted by atomic mass is 10.0. The van der Waals surface area contributed by atoms with Crippen LogP contribution in [0.1, 0.15) is 15.9 Å². The van der Waals surface area contributed by atoms with Crippen molar-refractivity contribution in [1.82, 2.24) is 4.98 Å². The van der Waals surface area contributed by atoms with Gasteiger partial charge in [0.1, 0.15) is 0 Å². The van der Waals surface area contributed by atoms with Crippen LogP contribution in [0.2, 0.25) is 0 Å². The minimum absolute atomic E-state index is 0.241. The number of hydrogen-bond donors (Lipinski definition) is 2. The van der Waals surface area contributed by atoms with Crippen molar-refractivity contribution < 1.29 is 18.0 Å². The number of para-hydroxylation sites is 1. The van der Waals surface area contributed by atoms with Crippen molar-refractivity contribution in [1.29, 1.82) is 0 Å². The Bertz CT molecular complexity index is 917. The second kappa shape index (κ2) is 5.84. The molecule has 0 saturated heterocycles. The number of rotatable bonds is 3. The Morgan fingerprint density at radius 1 is 1.00 bits per heavy atom. The Balaban J connectivity index is 2.16. The van der Waals surface area contributed by atoms with Crippen molar-refractivity contribution in [3.05, 3.63) is 65.9 Å². The van der Waals surface area contributed by atoms with Crippen LogP contribution in [-0.2, 0) is 6.18 Å². The van der Waals surface area contributed by atoms with Gasteiger partial charge in [0.25, 0.3) is 0 Å². The first-order valence-corrected chi connectivity index (χ1v) is 6.98. The molecule has 7 heteroatoms. The molecule has 0 fully saturated rings. The lowest BCUT2D eigenvalue weighted by Gasteiger charge is -2.18. The molecule has 0 unspecified atom stereocenters. The van der Waals surface area contributed by atoms with Crippen molar-refractivity contribution in [2.24, 2.45) is 5.73 Å². The molecule has 1 heterocycles. The van der Waals surface area contributed by atoms with Crippen molar-refractivity contribution in [2.75, 3.05) is 5.32 Å². The summed E-state index contributed by atoms with van der Waals surface area (Å²) in [5.41, 5.74) is 4.28. The zero-order valence-electron chi connectivity index (χ0n) is 12.3. The maximum atomic E-state index is 13.4. The zero-order chi connectivity index (χ0) is 17.3. The van der Waals surface area contributed by atoms with E-state index in [0.29, 0.717) is 16.6 Å². The zero-order valence-corrected chi connectivity index (χ0v) is 12.3. The minimum atomic E-state index is -4.73. The predicted octanol–water partition coefficient (Wildman–Crippen LogP) is 4.10. The van der Waals surface area contributed by atoms with Gasteiger partial charge in [0, 0.05) is 17.3 Å². The Labute approximate surface area is 135 Å². The van der Waals surface area contributed by atoms with E-state index in [9.17, 15) is 18.0 Å². The van der Waals surface area contributed by atoms with Crippen LogP contribution in [0.4, 0.5) is 24.5 Å². The largest absolute Gasteiger partial charge is 0.419 e. The van der Waals surface area contributed by atoms with Gasteiger partial charge in [-0.2, -0.15) is 13.2 Å². The van der Waals surface area contributed by atoms with Gasteiger partial charge in [0.15, 0.2) is 0 Å². The van der Waals surface area contributed by atoms with E-state index in [1.54, 1.807) is 30.3 Å². The average Bonchev–Trinajstić information content (AvgIpc) is 2.54. The van der Waals surface area contributed by atoms with E-state index in [-0.39, 0.29) is 5.69 Å². The first-order chi connectivity index (χ1) is 11.4. The average molecular weight is 331 g/mol. The molecule has 4 nitrogen and oxygen atoms in total. The topological polar surface area (TPSA) is 68.0 Å². The summed E-state index contributed by atoms with van der Waals surface area (Å²) in [6, 6.07) is 12.3. The highest BCUT2D eigenvalue weighted by Crippen LogP contribution is 2.39. The number of carbonyl (C=O) groups is 1. The van der Waals surface area contributed by atoms with Crippen LogP contribution >= 0.6 is 0 Å². The van der Waals surface area contributed by atoms with Crippen LogP contribution in [0.5, 0.6) is 0 Å². The molecule has 0 saturated carbocycles. The Hall–Kier alpha value is -3.09. The number of amides is 1. The third-order valence-corrected chi connectivity index (χ3v) is 3.53. The Morgan fingerprint density at radius 2 is 1.75 bits per heavy atom. The van der Waals surface area contributed by atoms with Crippen LogP contribution < -0.4 is 11.1 Å². The summed E-state index contributed by atoms with van der Waals surface area (Å²) in [5.74, 6) is -1.13. The highest BCUT2D eigenvalue weighted by Gasteiger charge is 2.37. The van der Waals surface area contributed by atoms with E-state index >= 15 is 0 Å². The summed E-state index contributed by atoms with van der Waals surface area (Å²) in [6.07, 6.45) is -3.23. The molecular formula is C17H12F3N3O. The SMILES string of the molecule is NC(=O)c1cccc(Nc2ccnc3ccccc23)c1C(F)(F)F. The third-order valence-electron chi connectivity index (χ3n) is 3.53. The van der Waals surface area contributed by atoms with E-state index in [1.165, 1.54) is 18.3 Å². The number of nitrogens with two attached hydrogens (primary N) is 1. The van der Waals surface area contributed by atoms with Crippen LogP contribution in [-0.4, -0.2) is 10.9 Å². The molecule has 0 radical (unpaired) electrons. The molecule has 122 valence electrons. The van der Waals surface area contributed by atoms with Gasteiger partial charge in [-0.3, -0.25) is 9.78 Å². The fourth-order valence-electron chi connectivity index (χ4n) is 2.52. The molecule has 3 N–H and O–H groups in total. The van der Waals surface area contributed by atoms with Crippen LogP contribution in [0.3, 0.4) is 0 Å². The summed E-state index contributed by atoms with van der Waals surface area (Å²) in [7, 11) is 0. The number of nitrogens with zero attached hydrogens (tertiary/aromatic N) is 1. The van der Waals surface area contributed by atoms with E-state index in [2.05, 4.69) is 10.3 Å². The van der Waals surface area contributed by atoms with Gasteiger partial charge in [-0.05, 0) is 24.3 Å². The number of aromatic nitrogens is 1. The van der Waals surface area contributed by atoms with Crippen molar-refractivity contribution in [3.63, 3.8) is 0 Å². The molecule has 0 aliphatic carbocycles. The van der Waals surface area contributed by atoms with Gasteiger partial charge in [-0.1, -0.05) is 24.3 Å². The summed E-state index contributed by atoms with van der Waals surface area (Å²) >= 11 is 0.